The molecule has 0 saturated carbocycles. The van der Waals surface area contributed by atoms with Crippen LogP contribution in [-0.2, 0) is 11.4 Å². The lowest BCUT2D eigenvalue weighted by atomic mass is 9.93. The molecule has 1 N–H and O–H groups in total. The van der Waals surface area contributed by atoms with Crippen LogP contribution in [0.1, 0.15) is 32.0 Å². The van der Waals surface area contributed by atoms with Crippen LogP contribution in [0.2, 0.25) is 15.1 Å². The number of hydrogen-bond acceptors (Lipinski definition) is 6. The first kappa shape index (κ1) is 24.9. The monoisotopic (exact) mass is 509 g/mol. The van der Waals surface area contributed by atoms with Gasteiger partial charge in [-0.3, -0.25) is 4.79 Å². The molecule has 0 saturated heterocycles. The molecular weight excluding hydrogens is 489 g/mol. The normalized spacial score (nSPS) is 14.3. The average molecular weight is 511 g/mol. The second-order valence-corrected chi connectivity index (χ2v) is 7.93. The fourth-order valence-electron chi connectivity index (χ4n) is 2.78. The molecule has 1 amide bonds. The number of halogens is 3. The van der Waals surface area contributed by atoms with Crippen molar-refractivity contribution in [3.63, 3.8) is 0 Å². The first-order valence-corrected chi connectivity index (χ1v) is 11.4. The predicted octanol–water partition coefficient (Wildman–Crippen LogP) is 5.99. The molecule has 4 rings (SSSR count). The van der Waals surface area contributed by atoms with Crippen LogP contribution in [0.25, 0.3) is 5.57 Å². The first-order valence-electron chi connectivity index (χ1n) is 10.3. The molecule has 1 atom stereocenters. The fourth-order valence-corrected chi connectivity index (χ4v) is 3.19. The minimum absolute atomic E-state index is 0.124. The van der Waals surface area contributed by atoms with Gasteiger partial charge in [-0.2, -0.15) is 0 Å². The number of ether oxygens (including phenoxy) is 2. The summed E-state index contributed by atoms with van der Waals surface area (Å²) in [5.41, 5.74) is 0.862. The SMILES string of the molecule is CC.O=C(COc1ccc(Cl)c(Cl)c1)NC1C=C(c2nnc(COc3ccc(Cl)cc3)o2)C1. The summed E-state index contributed by atoms with van der Waals surface area (Å²) in [4.78, 5) is 12.1. The van der Waals surface area contributed by atoms with E-state index >= 15 is 0 Å². The van der Waals surface area contributed by atoms with E-state index in [1.54, 1.807) is 42.5 Å². The van der Waals surface area contributed by atoms with Gasteiger partial charge in [0.15, 0.2) is 13.2 Å². The van der Waals surface area contributed by atoms with E-state index in [0.717, 1.165) is 5.57 Å². The standard InChI is InChI=1S/C21H16Cl3N3O4.C2H6/c22-13-1-3-15(4-2-13)30-11-20-26-27-21(31-20)12-7-14(8-12)25-19(28)10-29-16-5-6-17(23)18(24)9-16;1-2/h1-7,9,14H,8,10-11H2,(H,25,28);1-2H3. The second kappa shape index (κ2) is 11.9. The van der Waals surface area contributed by atoms with Gasteiger partial charge in [-0.25, -0.2) is 0 Å². The predicted molar refractivity (Wildman–Crippen MR) is 128 cm³/mol. The van der Waals surface area contributed by atoms with Crippen LogP contribution in [0, 0.1) is 0 Å². The number of aromatic nitrogens is 2. The first-order chi connectivity index (χ1) is 16.0. The van der Waals surface area contributed by atoms with Gasteiger partial charge in [0, 0.05) is 23.1 Å². The van der Waals surface area contributed by atoms with Gasteiger partial charge in [0.25, 0.3) is 11.8 Å². The zero-order chi connectivity index (χ0) is 23.8. The number of amides is 1. The highest BCUT2D eigenvalue weighted by Crippen LogP contribution is 2.29. The Morgan fingerprint density at radius 1 is 1.03 bits per heavy atom. The highest BCUT2D eigenvalue weighted by molar-refractivity contribution is 6.42. The summed E-state index contributed by atoms with van der Waals surface area (Å²) in [6, 6.07) is 11.7. The molecule has 1 aliphatic carbocycles. The van der Waals surface area contributed by atoms with Crippen molar-refractivity contribution in [3.8, 4) is 11.5 Å². The van der Waals surface area contributed by atoms with Gasteiger partial charge in [-0.05, 0) is 36.4 Å². The number of carbonyl (C=O) groups is 1. The maximum Gasteiger partial charge on any atom is 0.258 e. The zero-order valence-electron chi connectivity index (χ0n) is 18.0. The van der Waals surface area contributed by atoms with Crippen molar-refractivity contribution in [2.24, 2.45) is 0 Å². The van der Waals surface area contributed by atoms with Crippen molar-refractivity contribution < 1.29 is 18.7 Å². The van der Waals surface area contributed by atoms with E-state index in [0.29, 0.717) is 44.8 Å². The van der Waals surface area contributed by atoms with E-state index in [9.17, 15) is 4.79 Å². The van der Waals surface area contributed by atoms with Crippen molar-refractivity contribution >= 4 is 46.3 Å². The Kier molecular flexibility index (Phi) is 9.00. The Morgan fingerprint density at radius 2 is 1.73 bits per heavy atom. The highest BCUT2D eigenvalue weighted by Gasteiger charge is 2.26. The van der Waals surface area contributed by atoms with Crippen LogP contribution in [0.5, 0.6) is 11.5 Å². The maximum atomic E-state index is 12.1. The molecule has 0 radical (unpaired) electrons. The van der Waals surface area contributed by atoms with Gasteiger partial charge in [-0.1, -0.05) is 54.7 Å². The minimum atomic E-state index is -0.256. The summed E-state index contributed by atoms with van der Waals surface area (Å²) in [7, 11) is 0. The second-order valence-electron chi connectivity index (χ2n) is 6.68. The molecular formula is C23H22Cl3N3O4. The lowest BCUT2D eigenvalue weighted by Gasteiger charge is -2.24. The van der Waals surface area contributed by atoms with Crippen LogP contribution < -0.4 is 14.8 Å². The van der Waals surface area contributed by atoms with E-state index in [2.05, 4.69) is 15.5 Å². The van der Waals surface area contributed by atoms with Gasteiger partial charge >= 0.3 is 0 Å². The molecule has 3 aromatic rings. The Hall–Kier alpha value is -2.74. The van der Waals surface area contributed by atoms with Crippen LogP contribution in [0.15, 0.2) is 53.0 Å². The van der Waals surface area contributed by atoms with Gasteiger partial charge in [0.1, 0.15) is 11.5 Å². The molecule has 174 valence electrons. The number of nitrogens with zero attached hydrogens (tertiary/aromatic N) is 2. The minimum Gasteiger partial charge on any atom is -0.484 e. The Morgan fingerprint density at radius 3 is 2.42 bits per heavy atom. The van der Waals surface area contributed by atoms with Crippen molar-refractivity contribution in [3.05, 3.63) is 75.4 Å². The Labute approximate surface area is 206 Å². The topological polar surface area (TPSA) is 86.5 Å². The summed E-state index contributed by atoms with van der Waals surface area (Å²) < 4.78 is 16.6. The van der Waals surface area contributed by atoms with Gasteiger partial charge in [0.2, 0.25) is 5.89 Å². The van der Waals surface area contributed by atoms with Crippen LogP contribution in [-0.4, -0.2) is 28.8 Å². The van der Waals surface area contributed by atoms with Crippen molar-refractivity contribution in [1.82, 2.24) is 15.5 Å². The van der Waals surface area contributed by atoms with E-state index in [4.69, 9.17) is 48.7 Å². The summed E-state index contributed by atoms with van der Waals surface area (Å²) in [5, 5.41) is 12.3. The fraction of sp³-hybridized carbons (Fsp3) is 0.261. The Bertz CT molecular complexity index is 1120. The van der Waals surface area contributed by atoms with Gasteiger partial charge in [-0.15, -0.1) is 10.2 Å². The van der Waals surface area contributed by atoms with Gasteiger partial charge in [0.05, 0.1) is 16.1 Å². The number of rotatable bonds is 8. The van der Waals surface area contributed by atoms with E-state index in [1.807, 2.05) is 19.9 Å². The van der Waals surface area contributed by atoms with Crippen molar-refractivity contribution in [2.45, 2.75) is 32.9 Å². The van der Waals surface area contributed by atoms with E-state index < -0.39 is 0 Å². The quantitative estimate of drug-likeness (QED) is 0.401. The summed E-state index contributed by atoms with van der Waals surface area (Å²) in [5.74, 6) is 1.63. The molecule has 1 aromatic heterocycles. The number of benzene rings is 2. The number of carbonyl (C=O) groups excluding carboxylic acids is 1. The molecule has 2 aromatic carbocycles. The molecule has 0 spiro atoms. The number of nitrogens with one attached hydrogen (secondary N) is 1. The third kappa shape index (κ3) is 7.12. The molecule has 1 aliphatic rings. The van der Waals surface area contributed by atoms with E-state index in [-0.39, 0.29) is 25.2 Å². The summed E-state index contributed by atoms with van der Waals surface area (Å²) in [6.45, 7) is 4.01. The van der Waals surface area contributed by atoms with E-state index in [1.165, 1.54) is 0 Å². The molecule has 1 unspecified atom stereocenters. The smallest absolute Gasteiger partial charge is 0.258 e. The van der Waals surface area contributed by atoms with Crippen LogP contribution in [0.3, 0.4) is 0 Å². The molecule has 0 fully saturated rings. The van der Waals surface area contributed by atoms with Crippen LogP contribution in [0.4, 0.5) is 0 Å². The molecule has 7 nitrogen and oxygen atoms in total. The Balaban J connectivity index is 0.00000149. The molecule has 0 aliphatic heterocycles. The molecule has 0 bridgehead atoms. The summed E-state index contributed by atoms with van der Waals surface area (Å²) >= 11 is 17.6. The van der Waals surface area contributed by atoms with Gasteiger partial charge < -0.3 is 19.2 Å². The lowest BCUT2D eigenvalue weighted by molar-refractivity contribution is -0.123. The number of hydrogen-bond donors (Lipinski definition) is 1. The third-order valence-corrected chi connectivity index (χ3v) is 5.36. The maximum absolute atomic E-state index is 12.1. The molecule has 33 heavy (non-hydrogen) atoms. The molecule has 1 heterocycles. The summed E-state index contributed by atoms with van der Waals surface area (Å²) in [6.07, 6.45) is 2.44. The van der Waals surface area contributed by atoms with Crippen molar-refractivity contribution in [2.75, 3.05) is 6.61 Å². The van der Waals surface area contributed by atoms with Crippen LogP contribution >= 0.6 is 34.8 Å². The third-order valence-electron chi connectivity index (χ3n) is 4.37. The molecule has 10 heteroatoms. The lowest BCUT2D eigenvalue weighted by Crippen LogP contribution is -2.40. The average Bonchev–Trinajstić information content (AvgIpc) is 3.26. The largest absolute Gasteiger partial charge is 0.484 e. The zero-order valence-corrected chi connectivity index (χ0v) is 20.2. The highest BCUT2D eigenvalue weighted by atomic mass is 35.5. The van der Waals surface area contributed by atoms with Crippen molar-refractivity contribution in [1.29, 1.82) is 0 Å².